The molecular weight excluding hydrogens is 445 g/mol. The molecule has 0 fully saturated rings. The van der Waals surface area contributed by atoms with Crippen molar-refractivity contribution in [2.24, 2.45) is 0 Å². The zero-order valence-electron chi connectivity index (χ0n) is 16.5. The number of nitrogens with one attached hydrogen (secondary N) is 2. The van der Waals surface area contributed by atoms with E-state index in [1.807, 2.05) is 0 Å². The van der Waals surface area contributed by atoms with Crippen molar-refractivity contribution in [3.8, 4) is 5.75 Å². The van der Waals surface area contributed by atoms with Gasteiger partial charge < -0.3 is 10.1 Å². The number of sulfonamides is 1. The van der Waals surface area contributed by atoms with Crippen molar-refractivity contribution in [1.29, 1.82) is 0 Å². The number of ether oxygens (including phenoxy) is 1. The molecule has 1 amide bonds. The smallest absolute Gasteiger partial charge is 0.387 e. The molecule has 6 nitrogen and oxygen atoms in total. The number of hydrogen-bond donors (Lipinski definition) is 2. The molecule has 1 unspecified atom stereocenters. The Labute approximate surface area is 183 Å². The van der Waals surface area contributed by atoms with E-state index < -0.39 is 39.3 Å². The monoisotopic (exact) mass is 464 g/mol. The summed E-state index contributed by atoms with van der Waals surface area (Å²) in [5, 5.41) is 2.48. The van der Waals surface area contributed by atoms with Crippen LogP contribution in [0.25, 0.3) is 0 Å². The summed E-state index contributed by atoms with van der Waals surface area (Å²) in [7, 11) is -4.38. The highest BCUT2D eigenvalue weighted by molar-refractivity contribution is 7.89. The van der Waals surface area contributed by atoms with Gasteiger partial charge >= 0.3 is 6.61 Å². The van der Waals surface area contributed by atoms with Crippen molar-refractivity contribution in [2.75, 3.05) is 5.32 Å². The second kappa shape index (κ2) is 10.3. The summed E-state index contributed by atoms with van der Waals surface area (Å²) in [5.41, 5.74) is 0.773. The van der Waals surface area contributed by atoms with Gasteiger partial charge in [-0.1, -0.05) is 48.5 Å². The van der Waals surface area contributed by atoms with Crippen LogP contribution in [0.2, 0.25) is 0 Å². The van der Waals surface area contributed by atoms with Crippen LogP contribution in [-0.2, 0) is 21.2 Å². The number of amides is 1. The first-order chi connectivity index (χ1) is 15.2. The van der Waals surface area contributed by atoms with Gasteiger partial charge in [-0.25, -0.2) is 12.8 Å². The van der Waals surface area contributed by atoms with Crippen LogP contribution < -0.4 is 14.8 Å². The zero-order chi connectivity index (χ0) is 23.1. The minimum Gasteiger partial charge on any atom is -0.435 e. The summed E-state index contributed by atoms with van der Waals surface area (Å²) in [6, 6.07) is 17.4. The fraction of sp³-hybridized carbons (Fsp3) is 0.136. The van der Waals surface area contributed by atoms with E-state index in [9.17, 15) is 26.4 Å². The summed E-state index contributed by atoms with van der Waals surface area (Å²) < 4.78 is 71.0. The molecule has 3 rings (SSSR count). The van der Waals surface area contributed by atoms with Gasteiger partial charge in [-0.3, -0.25) is 4.79 Å². The van der Waals surface area contributed by atoms with E-state index in [1.54, 1.807) is 30.3 Å². The number of hydrogen-bond acceptors (Lipinski definition) is 4. The van der Waals surface area contributed by atoms with E-state index in [0.29, 0.717) is 5.56 Å². The van der Waals surface area contributed by atoms with E-state index in [-0.39, 0.29) is 17.9 Å². The van der Waals surface area contributed by atoms with Crippen molar-refractivity contribution in [2.45, 2.75) is 24.0 Å². The number of alkyl halides is 2. The molecule has 3 aromatic carbocycles. The van der Waals surface area contributed by atoms with Crippen molar-refractivity contribution in [3.63, 3.8) is 0 Å². The molecule has 10 heteroatoms. The van der Waals surface area contributed by atoms with E-state index >= 15 is 0 Å². The van der Waals surface area contributed by atoms with Gasteiger partial charge in [0.15, 0.2) is 0 Å². The number of carbonyl (C=O) groups excluding carboxylic acids is 1. The Kier molecular flexibility index (Phi) is 7.49. The van der Waals surface area contributed by atoms with Crippen LogP contribution in [-0.4, -0.2) is 27.0 Å². The van der Waals surface area contributed by atoms with Crippen LogP contribution in [0.4, 0.5) is 18.9 Å². The number of rotatable bonds is 9. The maximum atomic E-state index is 14.1. The molecule has 0 spiro atoms. The normalized spacial score (nSPS) is 12.4. The molecule has 0 radical (unpaired) electrons. The van der Waals surface area contributed by atoms with Gasteiger partial charge in [0.1, 0.15) is 22.5 Å². The molecular formula is C22H19F3N2O4S. The topological polar surface area (TPSA) is 84.5 Å². The van der Waals surface area contributed by atoms with Crippen molar-refractivity contribution in [3.05, 3.63) is 90.2 Å². The maximum absolute atomic E-state index is 14.1. The third-order valence-electron chi connectivity index (χ3n) is 4.35. The molecule has 3 aromatic rings. The number of halogens is 3. The summed E-state index contributed by atoms with van der Waals surface area (Å²) in [5.74, 6) is -1.90. The first kappa shape index (κ1) is 23.3. The summed E-state index contributed by atoms with van der Waals surface area (Å²) in [4.78, 5) is 12.3. The minimum absolute atomic E-state index is 0.0341. The van der Waals surface area contributed by atoms with Gasteiger partial charge in [-0.15, -0.1) is 0 Å². The highest BCUT2D eigenvalue weighted by Gasteiger charge is 2.28. The first-order valence-electron chi connectivity index (χ1n) is 9.41. The fourth-order valence-electron chi connectivity index (χ4n) is 2.93. The lowest BCUT2D eigenvalue weighted by Crippen LogP contribution is -2.45. The lowest BCUT2D eigenvalue weighted by Gasteiger charge is -2.19. The van der Waals surface area contributed by atoms with Crippen LogP contribution >= 0.6 is 0 Å². The van der Waals surface area contributed by atoms with E-state index in [2.05, 4.69) is 14.8 Å². The van der Waals surface area contributed by atoms with Gasteiger partial charge in [0, 0.05) is 11.8 Å². The lowest BCUT2D eigenvalue weighted by atomic mass is 10.1. The average Bonchev–Trinajstić information content (AvgIpc) is 2.74. The molecule has 0 aliphatic rings. The molecule has 0 aliphatic carbocycles. The van der Waals surface area contributed by atoms with Gasteiger partial charge in [0.05, 0.1) is 0 Å². The van der Waals surface area contributed by atoms with E-state index in [4.69, 9.17) is 0 Å². The standard InChI is InChI=1S/C22H19F3N2O4S/c23-18-11-4-5-12-20(18)32(29,30)27-19(13-15-7-2-1-3-8-15)21(28)26-16-9-6-10-17(14-16)31-22(24)25/h1-12,14,19,22,27H,13H2,(H,26,28). The Balaban J connectivity index is 1.86. The molecule has 0 bridgehead atoms. The molecule has 0 heterocycles. The quantitative estimate of drug-likeness (QED) is 0.502. The molecule has 0 aliphatic heterocycles. The minimum atomic E-state index is -4.38. The molecule has 0 saturated carbocycles. The van der Waals surface area contributed by atoms with Crippen LogP contribution in [0, 0.1) is 5.82 Å². The second-order valence-corrected chi connectivity index (χ2v) is 8.37. The Bertz CT molecular complexity index is 1170. The zero-order valence-corrected chi connectivity index (χ0v) is 17.4. The van der Waals surface area contributed by atoms with Gasteiger partial charge in [0.25, 0.3) is 0 Å². The van der Waals surface area contributed by atoms with Gasteiger partial charge in [-0.2, -0.15) is 13.5 Å². The first-order valence-corrected chi connectivity index (χ1v) is 10.9. The molecule has 0 saturated heterocycles. The Morgan fingerprint density at radius 2 is 1.62 bits per heavy atom. The van der Waals surface area contributed by atoms with Crippen LogP contribution in [0.1, 0.15) is 5.56 Å². The molecule has 2 N–H and O–H groups in total. The van der Waals surface area contributed by atoms with Gasteiger partial charge in [-0.05, 0) is 36.2 Å². The fourth-order valence-corrected chi connectivity index (χ4v) is 4.20. The second-order valence-electron chi connectivity index (χ2n) is 6.69. The Hall–Kier alpha value is -3.37. The lowest BCUT2D eigenvalue weighted by molar-refractivity contribution is -0.117. The predicted molar refractivity (Wildman–Crippen MR) is 112 cm³/mol. The van der Waals surface area contributed by atoms with Crippen molar-refractivity contribution >= 4 is 21.6 Å². The molecule has 0 aromatic heterocycles. The van der Waals surface area contributed by atoms with E-state index in [1.165, 1.54) is 36.4 Å². The number of carbonyl (C=O) groups is 1. The third-order valence-corrected chi connectivity index (χ3v) is 5.85. The van der Waals surface area contributed by atoms with Crippen molar-refractivity contribution in [1.82, 2.24) is 4.72 Å². The summed E-state index contributed by atoms with van der Waals surface area (Å²) in [6.45, 7) is -3.04. The number of anilines is 1. The number of benzene rings is 3. The third kappa shape index (κ3) is 6.32. The Morgan fingerprint density at radius 1 is 0.938 bits per heavy atom. The van der Waals surface area contributed by atoms with Crippen LogP contribution in [0.15, 0.2) is 83.8 Å². The summed E-state index contributed by atoms with van der Waals surface area (Å²) >= 11 is 0. The van der Waals surface area contributed by atoms with Crippen LogP contribution in [0.3, 0.4) is 0 Å². The largest absolute Gasteiger partial charge is 0.435 e. The van der Waals surface area contributed by atoms with Gasteiger partial charge in [0.2, 0.25) is 15.9 Å². The van der Waals surface area contributed by atoms with Crippen LogP contribution in [0.5, 0.6) is 5.75 Å². The predicted octanol–water partition coefficient (Wildman–Crippen LogP) is 3.96. The highest BCUT2D eigenvalue weighted by atomic mass is 32.2. The molecule has 1 atom stereocenters. The Morgan fingerprint density at radius 3 is 2.31 bits per heavy atom. The SMILES string of the molecule is O=C(Nc1cccc(OC(F)F)c1)C(Cc1ccccc1)NS(=O)(=O)c1ccccc1F. The average molecular weight is 464 g/mol. The van der Waals surface area contributed by atoms with E-state index in [0.717, 1.165) is 12.1 Å². The maximum Gasteiger partial charge on any atom is 0.387 e. The molecule has 32 heavy (non-hydrogen) atoms. The molecule has 168 valence electrons. The van der Waals surface area contributed by atoms with Crippen molar-refractivity contribution < 1.29 is 31.1 Å². The highest BCUT2D eigenvalue weighted by Crippen LogP contribution is 2.20. The summed E-state index contributed by atoms with van der Waals surface area (Å²) in [6.07, 6.45) is -0.0341.